The molecule has 17 nitrogen and oxygen atoms in total. The number of hydrogen-bond donors (Lipinski definition) is 3. The van der Waals surface area contributed by atoms with Crippen LogP contribution in [0.5, 0.6) is 0 Å². The van der Waals surface area contributed by atoms with E-state index in [-0.39, 0.29) is 25.7 Å². The van der Waals surface area contributed by atoms with Gasteiger partial charge in [-0.05, 0) is 37.5 Å². The zero-order valence-electron chi connectivity index (χ0n) is 61.3. The first kappa shape index (κ1) is 92.1. The van der Waals surface area contributed by atoms with Crippen molar-refractivity contribution in [3.8, 4) is 0 Å². The Hall–Kier alpha value is -1.94. The van der Waals surface area contributed by atoms with Crippen molar-refractivity contribution in [1.29, 1.82) is 0 Å². The molecule has 0 aliphatic heterocycles. The molecule has 0 aromatic carbocycles. The Bertz CT molecular complexity index is 1820. The van der Waals surface area contributed by atoms with Gasteiger partial charge in [-0.1, -0.05) is 337 Å². The lowest BCUT2D eigenvalue weighted by molar-refractivity contribution is -0.161. The summed E-state index contributed by atoms with van der Waals surface area (Å²) in [4.78, 5) is 72.6. The van der Waals surface area contributed by atoms with Crippen molar-refractivity contribution in [2.75, 3.05) is 39.6 Å². The summed E-state index contributed by atoms with van der Waals surface area (Å²) in [5, 5.41) is 10.6. The molecule has 6 atom stereocenters. The smallest absolute Gasteiger partial charge is 0.462 e. The van der Waals surface area contributed by atoms with Crippen LogP contribution in [0, 0.1) is 11.8 Å². The number of esters is 4. The molecule has 0 saturated heterocycles. The highest BCUT2D eigenvalue weighted by Crippen LogP contribution is 2.45. The number of carbonyl (C=O) groups is 4. The minimum atomic E-state index is -4.96. The standard InChI is InChI=1S/C75H146O17P2/c1-7-10-12-14-16-18-19-20-21-22-23-24-25-26-27-28-29-30-36-40-47-53-59-74(79)91-70(63-86-73(78)58-52-46-39-35-32-31-34-37-44-50-56-68(6)9-3)65-89-93(81,82)87-61-69(76)62-88-94(83,84)90-66-71(92-75(80)60-54-48-42-41-43-49-55-67(4)5)64-85-72(77)57-51-45-38-33-17-15-13-11-8-2/h67-71,76H,7-66H2,1-6H3,(H,81,82)(H,83,84)/t68?,69-,70-,71-/m1/s1. The van der Waals surface area contributed by atoms with E-state index in [1.54, 1.807) is 0 Å². The van der Waals surface area contributed by atoms with Crippen molar-refractivity contribution < 1.29 is 80.2 Å². The summed E-state index contributed by atoms with van der Waals surface area (Å²) in [6.07, 6.45) is 54.5. The summed E-state index contributed by atoms with van der Waals surface area (Å²) in [6.45, 7) is 9.50. The van der Waals surface area contributed by atoms with Gasteiger partial charge in [0.15, 0.2) is 12.2 Å². The summed E-state index contributed by atoms with van der Waals surface area (Å²) in [6, 6.07) is 0. The van der Waals surface area contributed by atoms with E-state index in [1.165, 1.54) is 205 Å². The lowest BCUT2D eigenvalue weighted by Gasteiger charge is -2.21. The molecule has 0 aliphatic carbocycles. The number of aliphatic hydroxyl groups excluding tert-OH is 1. The van der Waals surface area contributed by atoms with Gasteiger partial charge in [0.2, 0.25) is 0 Å². The number of phosphoric acid groups is 2. The van der Waals surface area contributed by atoms with Crippen molar-refractivity contribution >= 4 is 39.5 Å². The van der Waals surface area contributed by atoms with Crippen LogP contribution >= 0.6 is 15.6 Å². The fraction of sp³-hybridized carbons (Fsp3) is 0.947. The molecule has 0 aromatic rings. The monoisotopic (exact) mass is 1380 g/mol. The van der Waals surface area contributed by atoms with Crippen LogP contribution in [0.1, 0.15) is 388 Å². The Labute approximate surface area is 575 Å². The number of hydrogen-bond acceptors (Lipinski definition) is 15. The minimum absolute atomic E-state index is 0.102. The van der Waals surface area contributed by atoms with Gasteiger partial charge in [0.05, 0.1) is 26.4 Å². The van der Waals surface area contributed by atoms with E-state index in [2.05, 4.69) is 41.5 Å². The highest BCUT2D eigenvalue weighted by Gasteiger charge is 2.30. The average Bonchev–Trinajstić information content (AvgIpc) is 2.30. The normalized spacial score (nSPS) is 14.3. The second kappa shape index (κ2) is 66.9. The first-order chi connectivity index (χ1) is 45.4. The van der Waals surface area contributed by atoms with Gasteiger partial charge in [0, 0.05) is 25.7 Å². The highest BCUT2D eigenvalue weighted by molar-refractivity contribution is 7.47. The predicted molar refractivity (Wildman–Crippen MR) is 381 cm³/mol. The van der Waals surface area contributed by atoms with E-state index in [4.69, 9.17) is 37.0 Å². The van der Waals surface area contributed by atoms with Gasteiger partial charge in [0.1, 0.15) is 19.3 Å². The molecule has 0 aliphatic rings. The molecule has 0 radical (unpaired) electrons. The quantitative estimate of drug-likeness (QED) is 0.0222. The number of carbonyl (C=O) groups excluding carboxylic acids is 4. The molecule has 19 heteroatoms. The average molecular weight is 1380 g/mol. The number of aliphatic hydroxyl groups is 1. The molecule has 0 fully saturated rings. The van der Waals surface area contributed by atoms with Crippen LogP contribution in [0.2, 0.25) is 0 Å². The molecular formula is C75H146O17P2. The van der Waals surface area contributed by atoms with E-state index in [0.717, 1.165) is 95.8 Å². The lowest BCUT2D eigenvalue weighted by Crippen LogP contribution is -2.30. The Kier molecular flexibility index (Phi) is 65.5. The summed E-state index contributed by atoms with van der Waals surface area (Å²) in [5.74, 6) is -0.646. The Morgan fingerprint density at radius 1 is 0.309 bits per heavy atom. The van der Waals surface area contributed by atoms with Crippen molar-refractivity contribution in [2.24, 2.45) is 11.8 Å². The fourth-order valence-electron chi connectivity index (χ4n) is 11.4. The lowest BCUT2D eigenvalue weighted by atomic mass is 9.99. The Balaban J connectivity index is 5.16. The highest BCUT2D eigenvalue weighted by atomic mass is 31.2. The molecule has 558 valence electrons. The molecule has 94 heavy (non-hydrogen) atoms. The van der Waals surface area contributed by atoms with Crippen LogP contribution in [0.4, 0.5) is 0 Å². The fourth-order valence-corrected chi connectivity index (χ4v) is 13.0. The third kappa shape index (κ3) is 67.3. The minimum Gasteiger partial charge on any atom is -0.462 e. The van der Waals surface area contributed by atoms with E-state index >= 15 is 0 Å². The van der Waals surface area contributed by atoms with Gasteiger partial charge in [0.25, 0.3) is 0 Å². The van der Waals surface area contributed by atoms with E-state index < -0.39 is 97.5 Å². The van der Waals surface area contributed by atoms with Gasteiger partial charge in [-0.25, -0.2) is 9.13 Å². The maximum Gasteiger partial charge on any atom is 0.472 e. The SMILES string of the molecule is CCCCCCCCCCCCCCCCCCCCCCCCC(=O)O[C@H](COC(=O)CCCCCCCCCCCCC(C)CC)COP(=O)(O)OC[C@@H](O)COP(=O)(O)OC[C@@H](COC(=O)CCCCCCCCCCC)OC(=O)CCCCCCCCC(C)C. The van der Waals surface area contributed by atoms with E-state index in [9.17, 15) is 43.2 Å². The van der Waals surface area contributed by atoms with Gasteiger partial charge >= 0.3 is 39.5 Å². The number of rotatable bonds is 74. The summed E-state index contributed by atoms with van der Waals surface area (Å²) < 4.78 is 68.3. The topological polar surface area (TPSA) is 237 Å². The predicted octanol–water partition coefficient (Wildman–Crippen LogP) is 21.9. The van der Waals surface area contributed by atoms with Gasteiger partial charge < -0.3 is 33.8 Å². The van der Waals surface area contributed by atoms with Gasteiger partial charge in [-0.3, -0.25) is 37.3 Å². The molecule has 0 heterocycles. The van der Waals surface area contributed by atoms with Gasteiger partial charge in [-0.15, -0.1) is 0 Å². The van der Waals surface area contributed by atoms with E-state index in [1.807, 2.05) is 0 Å². The van der Waals surface area contributed by atoms with Crippen molar-refractivity contribution in [3.05, 3.63) is 0 Å². The zero-order chi connectivity index (χ0) is 69.3. The van der Waals surface area contributed by atoms with Crippen LogP contribution < -0.4 is 0 Å². The van der Waals surface area contributed by atoms with Crippen molar-refractivity contribution in [3.63, 3.8) is 0 Å². The molecule has 0 rings (SSSR count). The zero-order valence-corrected chi connectivity index (χ0v) is 63.1. The molecule has 0 bridgehead atoms. The molecule has 3 unspecified atom stereocenters. The second-order valence-electron chi connectivity index (χ2n) is 27.8. The number of unbranched alkanes of at least 4 members (excludes halogenated alkanes) is 43. The summed E-state index contributed by atoms with van der Waals surface area (Å²) in [7, 11) is -9.90. The number of ether oxygens (including phenoxy) is 4. The molecule has 3 N–H and O–H groups in total. The third-order valence-electron chi connectivity index (χ3n) is 17.8. The van der Waals surface area contributed by atoms with Gasteiger partial charge in [-0.2, -0.15) is 0 Å². The van der Waals surface area contributed by atoms with Crippen molar-refractivity contribution in [2.45, 2.75) is 407 Å². The second-order valence-corrected chi connectivity index (χ2v) is 30.7. The third-order valence-corrected chi connectivity index (χ3v) is 19.7. The van der Waals surface area contributed by atoms with Crippen LogP contribution in [0.3, 0.4) is 0 Å². The van der Waals surface area contributed by atoms with E-state index in [0.29, 0.717) is 31.6 Å². The molecule has 0 aromatic heterocycles. The molecule has 0 amide bonds. The van der Waals surface area contributed by atoms with Crippen LogP contribution in [0.25, 0.3) is 0 Å². The van der Waals surface area contributed by atoms with Crippen LogP contribution in [-0.4, -0.2) is 96.7 Å². The first-order valence-electron chi connectivity index (χ1n) is 39.0. The van der Waals surface area contributed by atoms with Crippen LogP contribution in [0.15, 0.2) is 0 Å². The molecule has 0 spiro atoms. The largest absolute Gasteiger partial charge is 0.472 e. The maximum absolute atomic E-state index is 13.1. The number of phosphoric ester groups is 2. The summed E-state index contributed by atoms with van der Waals surface area (Å²) in [5.41, 5.74) is 0. The molecular weight excluding hydrogens is 1230 g/mol. The Morgan fingerprint density at radius 2 is 0.543 bits per heavy atom. The van der Waals surface area contributed by atoms with Crippen molar-refractivity contribution in [1.82, 2.24) is 0 Å². The van der Waals surface area contributed by atoms with Crippen LogP contribution in [-0.2, 0) is 65.4 Å². The first-order valence-corrected chi connectivity index (χ1v) is 42.0. The molecule has 0 saturated carbocycles. The maximum atomic E-state index is 13.1. The summed E-state index contributed by atoms with van der Waals surface area (Å²) >= 11 is 0. The Morgan fingerprint density at radius 3 is 0.809 bits per heavy atom.